The maximum absolute atomic E-state index is 12.4. The molecule has 1 aromatic rings. The molecule has 2 fully saturated rings. The summed E-state index contributed by atoms with van der Waals surface area (Å²) in [7, 11) is 0. The Labute approximate surface area is 131 Å². The van der Waals surface area contributed by atoms with E-state index in [1.807, 2.05) is 35.2 Å². The lowest BCUT2D eigenvalue weighted by Crippen LogP contribution is -2.41. The highest BCUT2D eigenvalue weighted by Gasteiger charge is 2.28. The van der Waals surface area contributed by atoms with Gasteiger partial charge in [-0.05, 0) is 24.9 Å². The molecule has 5 heteroatoms. The van der Waals surface area contributed by atoms with Crippen molar-refractivity contribution < 1.29 is 9.59 Å². The van der Waals surface area contributed by atoms with Gasteiger partial charge in [0.15, 0.2) is 0 Å². The second kappa shape index (κ2) is 6.92. The first-order valence-electron chi connectivity index (χ1n) is 8.08. The monoisotopic (exact) mass is 301 g/mol. The molecule has 1 aromatic carbocycles. The summed E-state index contributed by atoms with van der Waals surface area (Å²) >= 11 is 0. The van der Waals surface area contributed by atoms with E-state index < -0.39 is 0 Å². The van der Waals surface area contributed by atoms with Crippen molar-refractivity contribution >= 4 is 11.8 Å². The van der Waals surface area contributed by atoms with Gasteiger partial charge in [-0.25, -0.2) is 0 Å². The molecule has 0 bridgehead atoms. The van der Waals surface area contributed by atoms with Crippen LogP contribution in [-0.4, -0.2) is 42.9 Å². The standard InChI is InChI=1S/C17H23N3O2/c21-16-7-4-10-20(16)12-15(13-5-2-1-3-6-13)19-17(22)14-8-9-18-11-14/h1-3,5-6,14-15,18H,4,7-12H2,(H,19,22). The minimum absolute atomic E-state index is 0.0421. The largest absolute Gasteiger partial charge is 0.347 e. The van der Waals surface area contributed by atoms with Crippen LogP contribution in [0.15, 0.2) is 30.3 Å². The zero-order valence-corrected chi connectivity index (χ0v) is 12.8. The molecule has 2 atom stereocenters. The van der Waals surface area contributed by atoms with Gasteiger partial charge in [0.25, 0.3) is 0 Å². The van der Waals surface area contributed by atoms with Crippen LogP contribution in [0.1, 0.15) is 30.9 Å². The van der Waals surface area contributed by atoms with Gasteiger partial charge in [-0.1, -0.05) is 30.3 Å². The quantitative estimate of drug-likeness (QED) is 0.855. The van der Waals surface area contributed by atoms with E-state index >= 15 is 0 Å². The zero-order chi connectivity index (χ0) is 15.4. The third kappa shape index (κ3) is 3.47. The van der Waals surface area contributed by atoms with Crippen molar-refractivity contribution in [2.24, 2.45) is 5.92 Å². The van der Waals surface area contributed by atoms with E-state index in [1.54, 1.807) is 0 Å². The molecule has 2 unspecified atom stereocenters. The van der Waals surface area contributed by atoms with E-state index in [1.165, 1.54) is 0 Å². The average Bonchev–Trinajstić information content (AvgIpc) is 3.20. The molecule has 0 radical (unpaired) electrons. The summed E-state index contributed by atoms with van der Waals surface area (Å²) in [5.74, 6) is 0.323. The number of hydrogen-bond acceptors (Lipinski definition) is 3. The van der Waals surface area contributed by atoms with Crippen LogP contribution in [0.25, 0.3) is 0 Å². The summed E-state index contributed by atoms with van der Waals surface area (Å²) in [6.45, 7) is 3.01. The van der Waals surface area contributed by atoms with Crippen LogP contribution >= 0.6 is 0 Å². The lowest BCUT2D eigenvalue weighted by atomic mass is 10.0. The Bertz CT molecular complexity index is 526. The third-order valence-electron chi connectivity index (χ3n) is 4.52. The molecule has 0 aliphatic carbocycles. The van der Waals surface area contributed by atoms with Gasteiger partial charge in [-0.2, -0.15) is 0 Å². The molecule has 2 heterocycles. The highest BCUT2D eigenvalue weighted by molar-refractivity contribution is 5.80. The average molecular weight is 301 g/mol. The first kappa shape index (κ1) is 15.0. The molecular formula is C17H23N3O2. The Morgan fingerprint density at radius 2 is 2.18 bits per heavy atom. The fourth-order valence-corrected chi connectivity index (χ4v) is 3.21. The second-order valence-corrected chi connectivity index (χ2v) is 6.10. The van der Waals surface area contributed by atoms with Gasteiger partial charge in [-0.15, -0.1) is 0 Å². The lowest BCUT2D eigenvalue weighted by molar-refractivity contribution is -0.130. The minimum atomic E-state index is -0.128. The second-order valence-electron chi connectivity index (χ2n) is 6.10. The van der Waals surface area contributed by atoms with Crippen LogP contribution in [0.5, 0.6) is 0 Å². The predicted molar refractivity (Wildman–Crippen MR) is 84.1 cm³/mol. The normalized spacial score (nSPS) is 22.8. The Morgan fingerprint density at radius 1 is 1.36 bits per heavy atom. The maximum Gasteiger partial charge on any atom is 0.224 e. The number of likely N-dealkylation sites (tertiary alicyclic amines) is 1. The molecule has 2 N–H and O–H groups in total. The van der Waals surface area contributed by atoms with Gasteiger partial charge in [0, 0.05) is 26.1 Å². The molecule has 118 valence electrons. The number of carbonyl (C=O) groups excluding carboxylic acids is 2. The minimum Gasteiger partial charge on any atom is -0.347 e. The van der Waals surface area contributed by atoms with E-state index in [4.69, 9.17) is 0 Å². The molecule has 5 nitrogen and oxygen atoms in total. The number of benzene rings is 1. The molecule has 2 amide bonds. The van der Waals surface area contributed by atoms with Crippen LogP contribution in [0.2, 0.25) is 0 Å². The number of nitrogens with one attached hydrogen (secondary N) is 2. The molecule has 22 heavy (non-hydrogen) atoms. The third-order valence-corrected chi connectivity index (χ3v) is 4.52. The van der Waals surface area contributed by atoms with Crippen molar-refractivity contribution in [1.82, 2.24) is 15.5 Å². The van der Waals surface area contributed by atoms with Crippen molar-refractivity contribution in [1.29, 1.82) is 0 Å². The Kier molecular flexibility index (Phi) is 4.73. The van der Waals surface area contributed by atoms with Gasteiger partial charge < -0.3 is 15.5 Å². The molecule has 2 aliphatic rings. The summed E-state index contributed by atoms with van der Waals surface area (Å²) < 4.78 is 0. The maximum atomic E-state index is 12.4. The molecular weight excluding hydrogens is 278 g/mol. The molecule has 0 aromatic heterocycles. The summed E-state index contributed by atoms with van der Waals surface area (Å²) in [5.41, 5.74) is 1.06. The van der Waals surface area contributed by atoms with E-state index in [0.717, 1.165) is 38.0 Å². The summed E-state index contributed by atoms with van der Waals surface area (Å²) in [4.78, 5) is 26.2. The summed E-state index contributed by atoms with van der Waals surface area (Å²) in [6, 6.07) is 9.80. The van der Waals surface area contributed by atoms with Crippen LogP contribution in [-0.2, 0) is 9.59 Å². The van der Waals surface area contributed by atoms with Crippen molar-refractivity contribution in [2.75, 3.05) is 26.2 Å². The Hall–Kier alpha value is -1.88. The first-order valence-corrected chi connectivity index (χ1v) is 8.08. The topological polar surface area (TPSA) is 61.4 Å². The van der Waals surface area contributed by atoms with E-state index in [9.17, 15) is 9.59 Å². The van der Waals surface area contributed by atoms with Gasteiger partial charge >= 0.3 is 0 Å². The zero-order valence-electron chi connectivity index (χ0n) is 12.8. The number of rotatable bonds is 5. The fraction of sp³-hybridized carbons (Fsp3) is 0.529. The van der Waals surface area contributed by atoms with Crippen molar-refractivity contribution in [3.05, 3.63) is 35.9 Å². The highest BCUT2D eigenvalue weighted by Crippen LogP contribution is 2.20. The van der Waals surface area contributed by atoms with Crippen LogP contribution < -0.4 is 10.6 Å². The fourth-order valence-electron chi connectivity index (χ4n) is 3.21. The first-order chi connectivity index (χ1) is 10.7. The van der Waals surface area contributed by atoms with Crippen molar-refractivity contribution in [2.45, 2.75) is 25.3 Å². The Morgan fingerprint density at radius 3 is 2.82 bits per heavy atom. The van der Waals surface area contributed by atoms with Crippen molar-refractivity contribution in [3.63, 3.8) is 0 Å². The van der Waals surface area contributed by atoms with Gasteiger partial charge in [-0.3, -0.25) is 9.59 Å². The molecule has 2 aliphatic heterocycles. The number of nitrogens with zero attached hydrogens (tertiary/aromatic N) is 1. The van der Waals surface area contributed by atoms with Crippen LogP contribution in [0.3, 0.4) is 0 Å². The van der Waals surface area contributed by atoms with Gasteiger partial charge in [0.1, 0.15) is 0 Å². The van der Waals surface area contributed by atoms with Crippen molar-refractivity contribution in [3.8, 4) is 0 Å². The highest BCUT2D eigenvalue weighted by atomic mass is 16.2. The Balaban J connectivity index is 1.70. The van der Waals surface area contributed by atoms with E-state index in [2.05, 4.69) is 10.6 Å². The SMILES string of the molecule is O=C(NC(CN1CCCC1=O)c1ccccc1)C1CCNC1. The number of amides is 2. The molecule has 0 spiro atoms. The smallest absolute Gasteiger partial charge is 0.224 e. The lowest BCUT2D eigenvalue weighted by Gasteiger charge is -2.26. The van der Waals surface area contributed by atoms with Gasteiger partial charge in [0.2, 0.25) is 11.8 Å². The molecule has 0 saturated carbocycles. The van der Waals surface area contributed by atoms with E-state index in [0.29, 0.717) is 13.0 Å². The summed E-state index contributed by atoms with van der Waals surface area (Å²) in [5, 5.41) is 6.37. The molecule has 2 saturated heterocycles. The van der Waals surface area contributed by atoms with Crippen LogP contribution in [0.4, 0.5) is 0 Å². The predicted octanol–water partition coefficient (Wildman–Crippen LogP) is 1.08. The van der Waals surface area contributed by atoms with Gasteiger partial charge in [0.05, 0.1) is 12.0 Å². The number of hydrogen-bond donors (Lipinski definition) is 2. The van der Waals surface area contributed by atoms with E-state index in [-0.39, 0.29) is 23.8 Å². The van der Waals surface area contributed by atoms with Crippen LogP contribution in [0, 0.1) is 5.92 Å². The number of carbonyl (C=O) groups is 2. The summed E-state index contributed by atoms with van der Waals surface area (Å²) in [6.07, 6.45) is 2.43. The molecule has 3 rings (SSSR count).